The molecule has 0 saturated carbocycles. The third kappa shape index (κ3) is 2.96. The summed E-state index contributed by atoms with van der Waals surface area (Å²) in [7, 11) is 0. The second-order valence-electron chi connectivity index (χ2n) is 4.32. The molecule has 1 N–H and O–H groups in total. The van der Waals surface area contributed by atoms with E-state index >= 15 is 0 Å². The average molecular weight is 251 g/mol. The lowest BCUT2D eigenvalue weighted by molar-refractivity contribution is 0.102. The number of hydrogen-bond acceptors (Lipinski definition) is 3. The molecule has 0 bridgehead atoms. The van der Waals surface area contributed by atoms with Crippen LogP contribution in [0.1, 0.15) is 27.0 Å². The second kappa shape index (κ2) is 5.32. The third-order valence-electron chi connectivity index (χ3n) is 2.77. The van der Waals surface area contributed by atoms with Gasteiger partial charge in [0.2, 0.25) is 0 Å². The Morgan fingerprint density at radius 1 is 1.26 bits per heavy atom. The van der Waals surface area contributed by atoms with Crippen molar-refractivity contribution in [3.05, 3.63) is 58.8 Å². The normalized spacial score (nSPS) is 9.74. The van der Waals surface area contributed by atoms with E-state index < -0.39 is 0 Å². The van der Waals surface area contributed by atoms with Crippen LogP contribution >= 0.6 is 0 Å². The molecule has 0 aliphatic carbocycles. The predicted octanol–water partition coefficient (Wildman–Crippen LogP) is 2.82. The maximum Gasteiger partial charge on any atom is 0.257 e. The topological polar surface area (TPSA) is 65.8 Å². The van der Waals surface area contributed by atoms with Gasteiger partial charge >= 0.3 is 0 Å². The van der Waals surface area contributed by atoms with Crippen LogP contribution in [-0.4, -0.2) is 10.9 Å². The Balaban J connectivity index is 2.21. The van der Waals surface area contributed by atoms with Gasteiger partial charge in [-0.1, -0.05) is 17.7 Å². The molecule has 0 aliphatic rings. The molecule has 1 amide bonds. The van der Waals surface area contributed by atoms with Gasteiger partial charge < -0.3 is 5.32 Å². The summed E-state index contributed by atoms with van der Waals surface area (Å²) in [5.41, 5.74) is 3.04. The van der Waals surface area contributed by atoms with Crippen LogP contribution in [0.3, 0.4) is 0 Å². The molecule has 2 rings (SSSR count). The lowest BCUT2D eigenvalue weighted by atomic mass is 10.1. The van der Waals surface area contributed by atoms with Crippen LogP contribution in [0, 0.1) is 25.2 Å². The molecule has 2 aromatic rings. The maximum atomic E-state index is 12.1. The lowest BCUT2D eigenvalue weighted by Crippen LogP contribution is -2.14. The summed E-state index contributed by atoms with van der Waals surface area (Å²) < 4.78 is 0. The second-order valence-corrected chi connectivity index (χ2v) is 4.32. The number of nitriles is 1. The van der Waals surface area contributed by atoms with Gasteiger partial charge in [-0.05, 0) is 37.6 Å². The fourth-order valence-electron chi connectivity index (χ4n) is 1.70. The molecular weight excluding hydrogens is 238 g/mol. The number of carbonyl (C=O) groups is 1. The molecule has 1 aromatic carbocycles. The van der Waals surface area contributed by atoms with E-state index in [1.807, 2.05) is 38.1 Å². The molecular formula is C15H13N3O. The molecule has 0 radical (unpaired) electrons. The maximum absolute atomic E-state index is 12.1. The first-order valence-electron chi connectivity index (χ1n) is 5.85. The highest BCUT2D eigenvalue weighted by molar-refractivity contribution is 6.04. The smallest absolute Gasteiger partial charge is 0.257 e. The monoisotopic (exact) mass is 251 g/mol. The molecule has 1 heterocycles. The van der Waals surface area contributed by atoms with E-state index in [0.717, 1.165) is 11.1 Å². The molecule has 4 heteroatoms. The summed E-state index contributed by atoms with van der Waals surface area (Å²) in [5, 5.41) is 11.4. The van der Waals surface area contributed by atoms with E-state index in [0.29, 0.717) is 16.9 Å². The molecule has 4 nitrogen and oxygen atoms in total. The minimum Gasteiger partial charge on any atom is -0.307 e. The number of carbonyl (C=O) groups excluding carboxylic acids is 1. The minimum atomic E-state index is -0.196. The lowest BCUT2D eigenvalue weighted by Gasteiger charge is -2.07. The quantitative estimate of drug-likeness (QED) is 0.892. The van der Waals surface area contributed by atoms with Crippen molar-refractivity contribution in [2.45, 2.75) is 13.8 Å². The van der Waals surface area contributed by atoms with Gasteiger partial charge in [-0.15, -0.1) is 0 Å². The largest absolute Gasteiger partial charge is 0.307 e. The molecule has 94 valence electrons. The average Bonchev–Trinajstić information content (AvgIpc) is 2.42. The number of nitrogens with one attached hydrogen (secondary N) is 1. The van der Waals surface area contributed by atoms with Crippen LogP contribution < -0.4 is 5.32 Å². The van der Waals surface area contributed by atoms with Crippen molar-refractivity contribution in [3.8, 4) is 6.07 Å². The van der Waals surface area contributed by atoms with Crippen molar-refractivity contribution in [1.82, 2.24) is 4.98 Å². The number of benzene rings is 1. The van der Waals surface area contributed by atoms with Crippen molar-refractivity contribution in [2.75, 3.05) is 5.32 Å². The highest BCUT2D eigenvalue weighted by Crippen LogP contribution is 2.13. The van der Waals surface area contributed by atoms with Crippen LogP contribution in [0.15, 0.2) is 36.5 Å². The SMILES string of the molecule is Cc1ccc(C)c(C(=O)Nc2ccc(C#N)cn2)c1. The summed E-state index contributed by atoms with van der Waals surface area (Å²) in [4.78, 5) is 16.1. The number of aryl methyl sites for hydroxylation is 2. The van der Waals surface area contributed by atoms with Crippen molar-refractivity contribution in [2.24, 2.45) is 0 Å². The molecule has 0 unspecified atom stereocenters. The summed E-state index contributed by atoms with van der Waals surface area (Å²) in [6.07, 6.45) is 1.43. The van der Waals surface area contributed by atoms with Gasteiger partial charge in [0.15, 0.2) is 0 Å². The highest BCUT2D eigenvalue weighted by atomic mass is 16.1. The standard InChI is InChI=1S/C15H13N3O/c1-10-3-4-11(2)13(7-10)15(19)18-14-6-5-12(8-16)9-17-14/h3-7,9H,1-2H3,(H,17,18,19). The number of pyridine rings is 1. The molecule has 19 heavy (non-hydrogen) atoms. The van der Waals surface area contributed by atoms with Gasteiger partial charge in [0.25, 0.3) is 5.91 Å². The Morgan fingerprint density at radius 2 is 2.05 bits per heavy atom. The number of aromatic nitrogens is 1. The fourth-order valence-corrected chi connectivity index (χ4v) is 1.70. The zero-order valence-corrected chi connectivity index (χ0v) is 10.8. The fraction of sp³-hybridized carbons (Fsp3) is 0.133. The third-order valence-corrected chi connectivity index (χ3v) is 2.77. The Bertz CT molecular complexity index is 654. The predicted molar refractivity (Wildman–Crippen MR) is 72.8 cm³/mol. The zero-order chi connectivity index (χ0) is 13.8. The highest BCUT2D eigenvalue weighted by Gasteiger charge is 2.10. The molecule has 1 aromatic heterocycles. The number of amides is 1. The van der Waals surface area contributed by atoms with Crippen LogP contribution in [0.2, 0.25) is 0 Å². The zero-order valence-electron chi connectivity index (χ0n) is 10.8. The Labute approximate surface area is 111 Å². The van der Waals surface area contributed by atoms with E-state index in [-0.39, 0.29) is 5.91 Å². The molecule has 0 spiro atoms. The first-order valence-corrected chi connectivity index (χ1v) is 5.85. The summed E-state index contributed by atoms with van der Waals surface area (Å²) in [5.74, 6) is 0.239. The Hall–Kier alpha value is -2.67. The van der Waals surface area contributed by atoms with Crippen molar-refractivity contribution in [1.29, 1.82) is 5.26 Å². The van der Waals surface area contributed by atoms with E-state index in [9.17, 15) is 4.79 Å². The van der Waals surface area contributed by atoms with E-state index in [1.165, 1.54) is 6.20 Å². The van der Waals surface area contributed by atoms with Crippen LogP contribution in [0.5, 0.6) is 0 Å². The van der Waals surface area contributed by atoms with Gasteiger partial charge in [0.05, 0.1) is 5.56 Å². The van der Waals surface area contributed by atoms with E-state index in [4.69, 9.17) is 5.26 Å². The number of anilines is 1. The molecule has 0 atom stereocenters. The van der Waals surface area contributed by atoms with Crippen molar-refractivity contribution >= 4 is 11.7 Å². The van der Waals surface area contributed by atoms with E-state index in [1.54, 1.807) is 12.1 Å². The van der Waals surface area contributed by atoms with Gasteiger partial charge in [-0.2, -0.15) is 5.26 Å². The van der Waals surface area contributed by atoms with Crippen LogP contribution in [-0.2, 0) is 0 Å². The first kappa shape index (κ1) is 12.8. The van der Waals surface area contributed by atoms with Gasteiger partial charge in [0.1, 0.15) is 11.9 Å². The number of rotatable bonds is 2. The molecule has 0 saturated heterocycles. The van der Waals surface area contributed by atoms with Gasteiger partial charge in [-0.25, -0.2) is 4.98 Å². The number of hydrogen-bond donors (Lipinski definition) is 1. The van der Waals surface area contributed by atoms with E-state index in [2.05, 4.69) is 10.3 Å². The Morgan fingerprint density at radius 3 is 2.68 bits per heavy atom. The van der Waals surface area contributed by atoms with Crippen molar-refractivity contribution in [3.63, 3.8) is 0 Å². The number of nitrogens with zero attached hydrogens (tertiary/aromatic N) is 2. The summed E-state index contributed by atoms with van der Waals surface area (Å²) in [6, 6.07) is 10.9. The summed E-state index contributed by atoms with van der Waals surface area (Å²) in [6.45, 7) is 3.83. The van der Waals surface area contributed by atoms with Crippen LogP contribution in [0.4, 0.5) is 5.82 Å². The molecule has 0 fully saturated rings. The molecule has 0 aliphatic heterocycles. The van der Waals surface area contributed by atoms with Crippen molar-refractivity contribution < 1.29 is 4.79 Å². The first-order chi connectivity index (χ1) is 9.10. The minimum absolute atomic E-state index is 0.196. The van der Waals surface area contributed by atoms with Crippen LogP contribution in [0.25, 0.3) is 0 Å². The van der Waals surface area contributed by atoms with Gasteiger partial charge in [-0.3, -0.25) is 4.79 Å². The Kier molecular flexibility index (Phi) is 3.58. The van der Waals surface area contributed by atoms with Gasteiger partial charge in [0, 0.05) is 11.8 Å². The summed E-state index contributed by atoms with van der Waals surface area (Å²) >= 11 is 0.